The number of fused-ring (bicyclic) bond motifs is 3. The average Bonchev–Trinajstić information content (AvgIpc) is 3.02. The maximum Gasteiger partial charge on any atom is 0.277 e. The van der Waals surface area contributed by atoms with E-state index in [1.165, 1.54) is 29.8 Å². The van der Waals surface area contributed by atoms with Crippen LogP contribution in [0.2, 0.25) is 0 Å². The predicted octanol–water partition coefficient (Wildman–Crippen LogP) is 3.22. The SMILES string of the molecule is NC(=O)c1nc2ccc3ncnc(Nc4ccc(F)cc4)c3c2s1. The lowest BCUT2D eigenvalue weighted by Gasteiger charge is -2.08. The minimum Gasteiger partial charge on any atom is -0.364 e. The lowest BCUT2D eigenvalue weighted by Crippen LogP contribution is -2.09. The van der Waals surface area contributed by atoms with Crippen molar-refractivity contribution in [2.24, 2.45) is 5.73 Å². The van der Waals surface area contributed by atoms with Gasteiger partial charge in [0.1, 0.15) is 18.0 Å². The number of nitrogens with two attached hydrogens (primary N) is 1. The fraction of sp³-hybridized carbons (Fsp3) is 0. The topological polar surface area (TPSA) is 93.8 Å². The van der Waals surface area contributed by atoms with Gasteiger partial charge in [-0.25, -0.2) is 19.3 Å². The van der Waals surface area contributed by atoms with E-state index in [1.807, 2.05) is 0 Å². The zero-order valence-electron chi connectivity index (χ0n) is 12.2. The third-order valence-corrected chi connectivity index (χ3v) is 4.58. The monoisotopic (exact) mass is 339 g/mol. The van der Waals surface area contributed by atoms with E-state index in [0.717, 1.165) is 10.1 Å². The maximum atomic E-state index is 13.1. The van der Waals surface area contributed by atoms with Gasteiger partial charge in [-0.15, -0.1) is 11.3 Å². The number of amides is 1. The van der Waals surface area contributed by atoms with Crippen LogP contribution in [0.5, 0.6) is 0 Å². The van der Waals surface area contributed by atoms with E-state index in [1.54, 1.807) is 24.3 Å². The first-order valence-corrected chi connectivity index (χ1v) is 7.80. The van der Waals surface area contributed by atoms with Gasteiger partial charge in [-0.3, -0.25) is 4.79 Å². The number of nitrogens with zero attached hydrogens (tertiary/aromatic N) is 3. The number of nitrogens with one attached hydrogen (secondary N) is 1. The molecule has 4 aromatic rings. The van der Waals surface area contributed by atoms with Gasteiger partial charge in [0.2, 0.25) is 0 Å². The quantitative estimate of drug-likeness (QED) is 0.598. The minimum atomic E-state index is -0.575. The number of primary amides is 1. The molecule has 0 aliphatic carbocycles. The highest BCUT2D eigenvalue weighted by Crippen LogP contribution is 2.34. The van der Waals surface area contributed by atoms with E-state index in [0.29, 0.717) is 22.5 Å². The van der Waals surface area contributed by atoms with Crippen LogP contribution < -0.4 is 11.1 Å². The molecule has 2 heterocycles. The van der Waals surface area contributed by atoms with E-state index < -0.39 is 5.91 Å². The largest absolute Gasteiger partial charge is 0.364 e. The van der Waals surface area contributed by atoms with Crippen molar-refractivity contribution in [3.63, 3.8) is 0 Å². The lowest BCUT2D eigenvalue weighted by atomic mass is 10.2. The summed E-state index contributed by atoms with van der Waals surface area (Å²) in [6.45, 7) is 0. The standard InChI is InChI=1S/C16H10FN5OS/c17-8-1-3-9(4-2-8)21-15-12-10(19-7-20-15)5-6-11-13(12)24-16(22-11)14(18)23/h1-7H,(H2,18,23)(H,19,20,21). The first-order valence-electron chi connectivity index (χ1n) is 6.98. The molecule has 0 radical (unpaired) electrons. The molecule has 0 unspecified atom stereocenters. The normalized spacial score (nSPS) is 11.0. The molecule has 1 amide bonds. The molecule has 118 valence electrons. The van der Waals surface area contributed by atoms with Gasteiger partial charge < -0.3 is 11.1 Å². The van der Waals surface area contributed by atoms with E-state index in [-0.39, 0.29) is 10.8 Å². The number of anilines is 2. The van der Waals surface area contributed by atoms with Crippen molar-refractivity contribution in [3.8, 4) is 0 Å². The number of hydrogen-bond donors (Lipinski definition) is 2. The van der Waals surface area contributed by atoms with Crippen LogP contribution in [0.15, 0.2) is 42.7 Å². The van der Waals surface area contributed by atoms with Gasteiger partial charge in [-0.05, 0) is 36.4 Å². The number of carbonyl (C=O) groups excluding carboxylic acids is 1. The molecule has 0 spiro atoms. The highest BCUT2D eigenvalue weighted by molar-refractivity contribution is 7.21. The first-order chi connectivity index (χ1) is 11.6. The number of hydrogen-bond acceptors (Lipinski definition) is 6. The van der Waals surface area contributed by atoms with Crippen LogP contribution in [0.25, 0.3) is 21.1 Å². The van der Waals surface area contributed by atoms with E-state index in [4.69, 9.17) is 5.73 Å². The van der Waals surface area contributed by atoms with Crippen molar-refractivity contribution in [1.82, 2.24) is 15.0 Å². The molecule has 0 saturated heterocycles. The van der Waals surface area contributed by atoms with Crippen molar-refractivity contribution in [3.05, 3.63) is 53.6 Å². The van der Waals surface area contributed by atoms with Crippen molar-refractivity contribution in [2.45, 2.75) is 0 Å². The van der Waals surface area contributed by atoms with Crippen LogP contribution in [-0.4, -0.2) is 20.9 Å². The summed E-state index contributed by atoms with van der Waals surface area (Å²) in [5.41, 5.74) is 7.37. The van der Waals surface area contributed by atoms with Crippen LogP contribution in [0.4, 0.5) is 15.9 Å². The number of halogens is 1. The van der Waals surface area contributed by atoms with Crippen molar-refractivity contribution in [1.29, 1.82) is 0 Å². The van der Waals surface area contributed by atoms with Crippen LogP contribution in [-0.2, 0) is 0 Å². The Morgan fingerprint density at radius 1 is 1.08 bits per heavy atom. The molecule has 8 heteroatoms. The molecule has 0 saturated carbocycles. The highest BCUT2D eigenvalue weighted by atomic mass is 32.1. The van der Waals surface area contributed by atoms with Gasteiger partial charge in [0.25, 0.3) is 5.91 Å². The second-order valence-electron chi connectivity index (χ2n) is 5.05. The van der Waals surface area contributed by atoms with Crippen LogP contribution in [0.1, 0.15) is 9.80 Å². The van der Waals surface area contributed by atoms with Crippen LogP contribution >= 0.6 is 11.3 Å². The highest BCUT2D eigenvalue weighted by Gasteiger charge is 2.15. The zero-order valence-corrected chi connectivity index (χ0v) is 13.0. The van der Waals surface area contributed by atoms with E-state index in [9.17, 15) is 9.18 Å². The Labute approximate surface area is 139 Å². The molecular formula is C16H10FN5OS. The smallest absolute Gasteiger partial charge is 0.277 e. The molecule has 3 N–H and O–H groups in total. The number of thiazole rings is 1. The van der Waals surface area contributed by atoms with E-state index in [2.05, 4.69) is 20.3 Å². The molecule has 0 fully saturated rings. The second kappa shape index (κ2) is 5.50. The van der Waals surface area contributed by atoms with Crippen molar-refractivity contribution >= 4 is 49.9 Å². The van der Waals surface area contributed by atoms with Crippen molar-refractivity contribution < 1.29 is 9.18 Å². The third kappa shape index (κ3) is 2.42. The molecule has 4 rings (SSSR count). The van der Waals surface area contributed by atoms with Gasteiger partial charge >= 0.3 is 0 Å². The van der Waals surface area contributed by atoms with Gasteiger partial charge in [0.15, 0.2) is 5.01 Å². The Morgan fingerprint density at radius 3 is 2.58 bits per heavy atom. The number of benzene rings is 2. The zero-order chi connectivity index (χ0) is 16.7. The maximum absolute atomic E-state index is 13.1. The molecule has 24 heavy (non-hydrogen) atoms. The summed E-state index contributed by atoms with van der Waals surface area (Å²) < 4.78 is 13.8. The summed E-state index contributed by atoms with van der Waals surface area (Å²) >= 11 is 1.20. The Hall–Kier alpha value is -3.13. The lowest BCUT2D eigenvalue weighted by molar-refractivity contribution is 0.1000. The van der Waals surface area contributed by atoms with E-state index >= 15 is 0 Å². The Bertz CT molecular complexity index is 1080. The van der Waals surface area contributed by atoms with Crippen LogP contribution in [0.3, 0.4) is 0 Å². The average molecular weight is 339 g/mol. The number of aromatic nitrogens is 3. The molecular weight excluding hydrogens is 329 g/mol. The molecule has 2 aromatic heterocycles. The van der Waals surface area contributed by atoms with Gasteiger partial charge in [-0.2, -0.15) is 0 Å². The molecule has 0 aliphatic heterocycles. The van der Waals surface area contributed by atoms with Gasteiger partial charge in [-0.1, -0.05) is 0 Å². The summed E-state index contributed by atoms with van der Waals surface area (Å²) in [5, 5.41) is 4.12. The molecule has 6 nitrogen and oxygen atoms in total. The van der Waals surface area contributed by atoms with Crippen molar-refractivity contribution in [2.75, 3.05) is 5.32 Å². The summed E-state index contributed by atoms with van der Waals surface area (Å²) in [6.07, 6.45) is 1.44. The van der Waals surface area contributed by atoms with Gasteiger partial charge in [0.05, 0.1) is 21.1 Å². The number of rotatable bonds is 3. The minimum absolute atomic E-state index is 0.231. The summed E-state index contributed by atoms with van der Waals surface area (Å²) in [5.74, 6) is -0.338. The second-order valence-corrected chi connectivity index (χ2v) is 6.04. The fourth-order valence-corrected chi connectivity index (χ4v) is 3.36. The first kappa shape index (κ1) is 14.5. The summed E-state index contributed by atoms with van der Waals surface area (Å²) in [7, 11) is 0. The summed E-state index contributed by atoms with van der Waals surface area (Å²) in [6, 6.07) is 9.54. The summed E-state index contributed by atoms with van der Waals surface area (Å²) in [4.78, 5) is 24.2. The number of carbonyl (C=O) groups is 1. The predicted molar refractivity (Wildman–Crippen MR) is 90.9 cm³/mol. The molecule has 0 atom stereocenters. The fourth-order valence-electron chi connectivity index (χ4n) is 2.40. The third-order valence-electron chi connectivity index (χ3n) is 3.47. The van der Waals surface area contributed by atoms with Gasteiger partial charge in [0, 0.05) is 5.69 Å². The molecule has 0 aliphatic rings. The van der Waals surface area contributed by atoms with Crippen LogP contribution in [0, 0.1) is 5.82 Å². The molecule has 2 aromatic carbocycles. The Morgan fingerprint density at radius 2 is 1.83 bits per heavy atom. The Balaban J connectivity index is 1.92. The molecule has 0 bridgehead atoms. The Kier molecular flexibility index (Phi) is 3.31.